The van der Waals surface area contributed by atoms with Crippen molar-refractivity contribution < 1.29 is 4.42 Å². The average Bonchev–Trinajstić information content (AvgIpc) is 3.19. The van der Waals surface area contributed by atoms with E-state index in [4.69, 9.17) is 4.42 Å². The Morgan fingerprint density at radius 2 is 1.97 bits per heavy atom. The summed E-state index contributed by atoms with van der Waals surface area (Å²) in [5.74, 6) is 2.36. The number of aliphatic imine (C=N–C) groups is 1. The molecule has 0 aliphatic carbocycles. The Morgan fingerprint density at radius 3 is 2.67 bits per heavy atom. The Morgan fingerprint density at radius 1 is 1.20 bits per heavy atom. The highest BCUT2D eigenvalue weighted by molar-refractivity contribution is 14.0. The number of hydrogen-bond donors (Lipinski definition) is 2. The van der Waals surface area contributed by atoms with E-state index in [1.165, 1.54) is 11.1 Å². The van der Waals surface area contributed by atoms with Crippen molar-refractivity contribution in [3.05, 3.63) is 53.2 Å². The lowest BCUT2D eigenvalue weighted by atomic mass is 9.94. The van der Waals surface area contributed by atoms with Gasteiger partial charge in [0, 0.05) is 38.1 Å². The third-order valence-electron chi connectivity index (χ3n) is 5.16. The standard InChI is InChI=1S/C23H35N5O.HI/c1-5-24-22(27-16-21-26-15-20(29-21)23(2,3)4)25-12-8-13-28-14-11-18-9-6-7-10-19(18)17-28;/h6-7,9-10,15H,5,8,11-14,16-17H2,1-4H3,(H2,24,25,27);1H. The van der Waals surface area contributed by atoms with Gasteiger partial charge in [0.15, 0.2) is 5.96 Å². The summed E-state index contributed by atoms with van der Waals surface area (Å²) < 4.78 is 5.83. The van der Waals surface area contributed by atoms with Crippen molar-refractivity contribution in [3.8, 4) is 0 Å². The smallest absolute Gasteiger partial charge is 0.216 e. The van der Waals surface area contributed by atoms with E-state index < -0.39 is 0 Å². The molecule has 1 aromatic heterocycles. The van der Waals surface area contributed by atoms with E-state index in [-0.39, 0.29) is 29.4 Å². The van der Waals surface area contributed by atoms with Gasteiger partial charge in [0.25, 0.3) is 0 Å². The molecule has 2 N–H and O–H groups in total. The molecule has 2 aromatic rings. The second kappa shape index (κ2) is 11.7. The molecule has 1 aliphatic heterocycles. The molecule has 2 heterocycles. The largest absolute Gasteiger partial charge is 0.443 e. The van der Waals surface area contributed by atoms with Crippen LogP contribution in [0.5, 0.6) is 0 Å². The number of nitrogens with zero attached hydrogens (tertiary/aromatic N) is 3. The fraction of sp³-hybridized carbons (Fsp3) is 0.565. The molecule has 1 aromatic carbocycles. The van der Waals surface area contributed by atoms with Gasteiger partial charge in [0.2, 0.25) is 5.89 Å². The number of benzene rings is 1. The average molecular weight is 525 g/mol. The van der Waals surface area contributed by atoms with Crippen molar-refractivity contribution in [2.24, 2.45) is 4.99 Å². The van der Waals surface area contributed by atoms with E-state index >= 15 is 0 Å². The molecule has 7 heteroatoms. The summed E-state index contributed by atoms with van der Waals surface area (Å²) in [4.78, 5) is 11.5. The summed E-state index contributed by atoms with van der Waals surface area (Å²) in [6, 6.07) is 8.79. The van der Waals surface area contributed by atoms with E-state index in [9.17, 15) is 0 Å². The number of guanidine groups is 1. The van der Waals surface area contributed by atoms with E-state index in [0.717, 1.165) is 57.3 Å². The van der Waals surface area contributed by atoms with Crippen LogP contribution in [-0.2, 0) is 24.9 Å². The number of rotatable bonds is 7. The number of hydrogen-bond acceptors (Lipinski definition) is 4. The maximum absolute atomic E-state index is 5.83. The predicted octanol–water partition coefficient (Wildman–Crippen LogP) is 4.09. The monoisotopic (exact) mass is 525 g/mol. The Hall–Kier alpha value is -1.61. The minimum Gasteiger partial charge on any atom is -0.443 e. The Kier molecular flexibility index (Phi) is 9.61. The minimum absolute atomic E-state index is 0. The van der Waals surface area contributed by atoms with Crippen molar-refractivity contribution in [2.45, 2.75) is 59.0 Å². The van der Waals surface area contributed by atoms with Crippen LogP contribution in [0.2, 0.25) is 0 Å². The maximum atomic E-state index is 5.83. The fourth-order valence-electron chi connectivity index (χ4n) is 3.47. The lowest BCUT2D eigenvalue weighted by Gasteiger charge is -2.28. The lowest BCUT2D eigenvalue weighted by molar-refractivity contribution is 0.251. The van der Waals surface area contributed by atoms with Crippen LogP contribution in [0.15, 0.2) is 39.9 Å². The van der Waals surface area contributed by atoms with Crippen LogP contribution in [-0.4, -0.2) is 42.0 Å². The number of halogens is 1. The Bertz CT molecular complexity index is 812. The Balaban J connectivity index is 0.00000320. The normalized spacial score (nSPS) is 14.7. The van der Waals surface area contributed by atoms with Crippen LogP contribution in [0.3, 0.4) is 0 Å². The summed E-state index contributed by atoms with van der Waals surface area (Å²) in [5, 5.41) is 6.73. The summed E-state index contributed by atoms with van der Waals surface area (Å²) in [6.07, 6.45) is 4.04. The van der Waals surface area contributed by atoms with Crippen molar-refractivity contribution in [1.82, 2.24) is 20.5 Å². The van der Waals surface area contributed by atoms with E-state index in [0.29, 0.717) is 12.4 Å². The zero-order chi connectivity index (χ0) is 20.7. The SMILES string of the molecule is CCNC(=NCc1ncc(C(C)(C)C)o1)NCCCN1CCc2ccccc2C1.I. The van der Waals surface area contributed by atoms with Gasteiger partial charge >= 0.3 is 0 Å². The number of aromatic nitrogens is 1. The van der Waals surface area contributed by atoms with Crippen molar-refractivity contribution >= 4 is 29.9 Å². The molecular formula is C23H36IN5O. The zero-order valence-electron chi connectivity index (χ0n) is 18.7. The molecule has 0 bridgehead atoms. The van der Waals surface area contributed by atoms with E-state index in [2.05, 4.69) is 77.5 Å². The molecule has 0 spiro atoms. The maximum Gasteiger partial charge on any atom is 0.216 e. The fourth-order valence-corrected chi connectivity index (χ4v) is 3.47. The van der Waals surface area contributed by atoms with Gasteiger partial charge in [-0.1, -0.05) is 45.0 Å². The molecule has 0 atom stereocenters. The quantitative estimate of drug-likeness (QED) is 0.247. The van der Waals surface area contributed by atoms with Crippen molar-refractivity contribution in [1.29, 1.82) is 0 Å². The van der Waals surface area contributed by atoms with E-state index in [1.807, 2.05) is 6.20 Å². The lowest BCUT2D eigenvalue weighted by Crippen LogP contribution is -2.39. The first kappa shape index (κ1) is 24.7. The molecule has 0 amide bonds. The molecule has 0 saturated heterocycles. The van der Waals surface area contributed by atoms with Crippen LogP contribution in [0.4, 0.5) is 0 Å². The van der Waals surface area contributed by atoms with Crippen LogP contribution in [0.25, 0.3) is 0 Å². The molecule has 0 radical (unpaired) electrons. The molecule has 166 valence electrons. The van der Waals surface area contributed by atoms with Gasteiger partial charge in [-0.15, -0.1) is 24.0 Å². The van der Waals surface area contributed by atoms with Crippen LogP contribution < -0.4 is 10.6 Å². The number of fused-ring (bicyclic) bond motifs is 1. The summed E-state index contributed by atoms with van der Waals surface area (Å²) in [7, 11) is 0. The minimum atomic E-state index is -0.0350. The number of oxazole rings is 1. The molecule has 0 saturated carbocycles. The van der Waals surface area contributed by atoms with Crippen molar-refractivity contribution in [3.63, 3.8) is 0 Å². The van der Waals surface area contributed by atoms with Gasteiger partial charge in [-0.25, -0.2) is 9.98 Å². The van der Waals surface area contributed by atoms with Crippen LogP contribution >= 0.6 is 24.0 Å². The number of nitrogens with one attached hydrogen (secondary N) is 2. The molecule has 0 fully saturated rings. The second-order valence-corrected chi connectivity index (χ2v) is 8.64. The molecular weight excluding hydrogens is 489 g/mol. The molecule has 3 rings (SSSR count). The van der Waals surface area contributed by atoms with Gasteiger partial charge in [-0.05, 0) is 30.9 Å². The molecule has 6 nitrogen and oxygen atoms in total. The third-order valence-corrected chi connectivity index (χ3v) is 5.16. The first-order valence-electron chi connectivity index (χ1n) is 10.7. The second-order valence-electron chi connectivity index (χ2n) is 8.64. The topological polar surface area (TPSA) is 65.7 Å². The molecule has 0 unspecified atom stereocenters. The Labute approximate surface area is 198 Å². The third kappa shape index (κ3) is 7.27. The van der Waals surface area contributed by atoms with Gasteiger partial charge in [0.1, 0.15) is 12.3 Å². The summed E-state index contributed by atoms with van der Waals surface area (Å²) >= 11 is 0. The van der Waals surface area contributed by atoms with E-state index in [1.54, 1.807) is 0 Å². The zero-order valence-corrected chi connectivity index (χ0v) is 21.0. The van der Waals surface area contributed by atoms with Gasteiger partial charge < -0.3 is 15.1 Å². The van der Waals surface area contributed by atoms with Gasteiger partial charge in [0.05, 0.1) is 6.20 Å². The molecule has 30 heavy (non-hydrogen) atoms. The molecule has 1 aliphatic rings. The highest BCUT2D eigenvalue weighted by Crippen LogP contribution is 2.22. The highest BCUT2D eigenvalue weighted by atomic mass is 127. The first-order valence-corrected chi connectivity index (χ1v) is 10.7. The summed E-state index contributed by atoms with van der Waals surface area (Å²) in [6.45, 7) is 13.9. The van der Waals surface area contributed by atoms with Crippen LogP contribution in [0.1, 0.15) is 56.9 Å². The van der Waals surface area contributed by atoms with Gasteiger partial charge in [-0.2, -0.15) is 0 Å². The first-order chi connectivity index (χ1) is 14.0. The van der Waals surface area contributed by atoms with Crippen molar-refractivity contribution in [2.75, 3.05) is 26.2 Å². The highest BCUT2D eigenvalue weighted by Gasteiger charge is 2.19. The predicted molar refractivity (Wildman–Crippen MR) is 133 cm³/mol. The van der Waals surface area contributed by atoms with Crippen LogP contribution in [0, 0.1) is 0 Å². The van der Waals surface area contributed by atoms with Gasteiger partial charge in [-0.3, -0.25) is 4.90 Å². The summed E-state index contributed by atoms with van der Waals surface area (Å²) in [5.41, 5.74) is 2.94.